The Morgan fingerprint density at radius 1 is 1.33 bits per heavy atom. The molecule has 0 bridgehead atoms. The van der Waals surface area contributed by atoms with Gasteiger partial charge in [0, 0.05) is 12.0 Å². The van der Waals surface area contributed by atoms with Gasteiger partial charge in [0.1, 0.15) is 11.6 Å². The van der Waals surface area contributed by atoms with E-state index in [1.807, 2.05) is 19.9 Å². The first-order chi connectivity index (χ1) is 7.19. The molecule has 1 aromatic carbocycles. The van der Waals surface area contributed by atoms with E-state index in [2.05, 4.69) is 15.2 Å². The van der Waals surface area contributed by atoms with E-state index < -0.39 is 0 Å². The maximum atomic E-state index is 13.1. The van der Waals surface area contributed by atoms with Crippen molar-refractivity contribution in [3.05, 3.63) is 35.4 Å². The molecule has 2 aromatic rings. The molecule has 0 saturated heterocycles. The molecule has 1 aromatic heterocycles. The number of hydrogen-bond donors (Lipinski definition) is 1. The van der Waals surface area contributed by atoms with Crippen molar-refractivity contribution in [1.29, 1.82) is 0 Å². The minimum atomic E-state index is -0.257. The number of nitrogens with one attached hydrogen (secondary N) is 1. The lowest BCUT2D eigenvalue weighted by atomic mass is 10.1. The number of halogens is 1. The molecule has 2 rings (SSSR count). The predicted molar refractivity (Wildman–Crippen MR) is 55.9 cm³/mol. The van der Waals surface area contributed by atoms with Gasteiger partial charge in [0.2, 0.25) is 0 Å². The third-order valence-corrected chi connectivity index (χ3v) is 2.17. The summed E-state index contributed by atoms with van der Waals surface area (Å²) in [7, 11) is 0. The molecule has 1 heterocycles. The van der Waals surface area contributed by atoms with Crippen LogP contribution in [0.3, 0.4) is 0 Å². The van der Waals surface area contributed by atoms with Gasteiger partial charge < -0.3 is 0 Å². The van der Waals surface area contributed by atoms with Gasteiger partial charge in [-0.1, -0.05) is 6.92 Å². The van der Waals surface area contributed by atoms with E-state index in [4.69, 9.17) is 0 Å². The molecular weight excluding hydrogens is 193 g/mol. The largest absolute Gasteiger partial charge is 0.263 e. The van der Waals surface area contributed by atoms with Crippen LogP contribution in [0, 0.1) is 12.7 Å². The summed E-state index contributed by atoms with van der Waals surface area (Å²) in [5.41, 5.74) is 1.58. The number of H-pyrrole nitrogens is 1. The minimum Gasteiger partial charge on any atom is -0.263 e. The fraction of sp³-hybridized carbons (Fsp3) is 0.273. The molecule has 4 heteroatoms. The van der Waals surface area contributed by atoms with Gasteiger partial charge in [-0.15, -0.1) is 0 Å². The molecule has 0 saturated carbocycles. The van der Waals surface area contributed by atoms with Crippen molar-refractivity contribution in [2.45, 2.75) is 20.3 Å². The van der Waals surface area contributed by atoms with Crippen molar-refractivity contribution in [2.24, 2.45) is 0 Å². The normalized spacial score (nSPS) is 10.6. The Labute approximate surface area is 87.4 Å². The zero-order valence-electron chi connectivity index (χ0n) is 8.71. The van der Waals surface area contributed by atoms with E-state index in [0.717, 1.165) is 17.8 Å². The lowest BCUT2D eigenvalue weighted by Gasteiger charge is -1.98. The molecule has 0 aliphatic rings. The van der Waals surface area contributed by atoms with Crippen LogP contribution in [0.1, 0.15) is 18.3 Å². The average molecular weight is 205 g/mol. The standard InChI is InChI=1S/C11H12FN3/c1-3-10-13-11(15-14-10)8-4-7(2)5-9(12)6-8/h4-6H,3H2,1-2H3,(H,13,14,15). The fourth-order valence-corrected chi connectivity index (χ4v) is 1.45. The summed E-state index contributed by atoms with van der Waals surface area (Å²) in [4.78, 5) is 4.25. The second kappa shape index (κ2) is 3.81. The van der Waals surface area contributed by atoms with Gasteiger partial charge in [0.25, 0.3) is 0 Å². The van der Waals surface area contributed by atoms with Crippen LogP contribution in [0.4, 0.5) is 4.39 Å². The van der Waals surface area contributed by atoms with Crippen molar-refractivity contribution < 1.29 is 4.39 Å². The monoisotopic (exact) mass is 205 g/mol. The number of hydrogen-bond acceptors (Lipinski definition) is 2. The quantitative estimate of drug-likeness (QED) is 0.818. The maximum absolute atomic E-state index is 13.1. The van der Waals surface area contributed by atoms with Crippen LogP contribution in [-0.2, 0) is 6.42 Å². The van der Waals surface area contributed by atoms with Crippen LogP contribution in [0.15, 0.2) is 18.2 Å². The molecular formula is C11H12FN3. The van der Waals surface area contributed by atoms with E-state index in [-0.39, 0.29) is 5.82 Å². The number of aromatic amines is 1. The number of aromatic nitrogens is 3. The average Bonchev–Trinajstić information content (AvgIpc) is 2.64. The Balaban J connectivity index is 2.44. The Morgan fingerprint density at radius 3 is 2.73 bits per heavy atom. The first-order valence-electron chi connectivity index (χ1n) is 4.88. The number of rotatable bonds is 2. The zero-order valence-corrected chi connectivity index (χ0v) is 8.71. The molecule has 0 atom stereocenters. The molecule has 0 amide bonds. The highest BCUT2D eigenvalue weighted by molar-refractivity contribution is 5.55. The number of nitrogens with zero attached hydrogens (tertiary/aromatic N) is 2. The van der Waals surface area contributed by atoms with Crippen LogP contribution < -0.4 is 0 Å². The first-order valence-corrected chi connectivity index (χ1v) is 4.88. The summed E-state index contributed by atoms with van der Waals surface area (Å²) in [5.74, 6) is 1.11. The summed E-state index contributed by atoms with van der Waals surface area (Å²) in [6.45, 7) is 3.83. The van der Waals surface area contributed by atoms with Gasteiger partial charge in [0.05, 0.1) is 0 Å². The fourth-order valence-electron chi connectivity index (χ4n) is 1.45. The summed E-state index contributed by atoms with van der Waals surface area (Å²) in [5, 5.41) is 6.85. The second-order valence-corrected chi connectivity index (χ2v) is 3.48. The van der Waals surface area contributed by atoms with Gasteiger partial charge in [-0.2, -0.15) is 5.10 Å². The van der Waals surface area contributed by atoms with Crippen LogP contribution in [0.25, 0.3) is 11.4 Å². The minimum absolute atomic E-state index is 0.257. The highest BCUT2D eigenvalue weighted by Gasteiger charge is 2.06. The second-order valence-electron chi connectivity index (χ2n) is 3.48. The number of aryl methyl sites for hydroxylation is 2. The molecule has 1 N–H and O–H groups in total. The lowest BCUT2D eigenvalue weighted by Crippen LogP contribution is -1.86. The Hall–Kier alpha value is -1.71. The SMILES string of the molecule is CCc1nc(-c2cc(C)cc(F)c2)n[nH]1. The Kier molecular flexibility index (Phi) is 2.49. The summed E-state index contributed by atoms with van der Waals surface area (Å²) in [6.07, 6.45) is 0.793. The molecule has 0 unspecified atom stereocenters. The summed E-state index contributed by atoms with van der Waals surface area (Å²) in [6, 6.07) is 4.79. The molecule has 3 nitrogen and oxygen atoms in total. The van der Waals surface area contributed by atoms with Crippen molar-refractivity contribution in [2.75, 3.05) is 0 Å². The van der Waals surface area contributed by atoms with Crippen LogP contribution in [-0.4, -0.2) is 15.2 Å². The van der Waals surface area contributed by atoms with Crippen LogP contribution >= 0.6 is 0 Å². The van der Waals surface area contributed by atoms with Gasteiger partial charge in [0.15, 0.2) is 5.82 Å². The van der Waals surface area contributed by atoms with Gasteiger partial charge in [-0.3, -0.25) is 5.10 Å². The highest BCUT2D eigenvalue weighted by Crippen LogP contribution is 2.18. The predicted octanol–water partition coefficient (Wildman–Crippen LogP) is 2.48. The van der Waals surface area contributed by atoms with Crippen LogP contribution in [0.5, 0.6) is 0 Å². The summed E-state index contributed by atoms with van der Waals surface area (Å²) >= 11 is 0. The van der Waals surface area contributed by atoms with E-state index in [0.29, 0.717) is 11.4 Å². The zero-order chi connectivity index (χ0) is 10.8. The molecule has 0 fully saturated rings. The van der Waals surface area contributed by atoms with Gasteiger partial charge in [-0.25, -0.2) is 9.37 Å². The molecule has 0 aliphatic heterocycles. The molecule has 15 heavy (non-hydrogen) atoms. The highest BCUT2D eigenvalue weighted by atomic mass is 19.1. The molecule has 0 aliphatic carbocycles. The molecule has 0 spiro atoms. The summed E-state index contributed by atoms with van der Waals surface area (Å²) < 4.78 is 13.1. The third kappa shape index (κ3) is 2.03. The Morgan fingerprint density at radius 2 is 2.13 bits per heavy atom. The van der Waals surface area contributed by atoms with Crippen molar-refractivity contribution >= 4 is 0 Å². The molecule has 0 radical (unpaired) electrons. The molecule has 78 valence electrons. The van der Waals surface area contributed by atoms with Crippen LogP contribution in [0.2, 0.25) is 0 Å². The van der Waals surface area contributed by atoms with E-state index in [1.165, 1.54) is 12.1 Å². The van der Waals surface area contributed by atoms with E-state index in [9.17, 15) is 4.39 Å². The van der Waals surface area contributed by atoms with Gasteiger partial charge >= 0.3 is 0 Å². The van der Waals surface area contributed by atoms with Crippen molar-refractivity contribution in [1.82, 2.24) is 15.2 Å². The topological polar surface area (TPSA) is 41.6 Å². The first kappa shape index (κ1) is 9.83. The number of benzene rings is 1. The third-order valence-electron chi connectivity index (χ3n) is 2.17. The van der Waals surface area contributed by atoms with E-state index in [1.54, 1.807) is 0 Å². The smallest absolute Gasteiger partial charge is 0.181 e. The Bertz CT molecular complexity index is 456. The van der Waals surface area contributed by atoms with Gasteiger partial charge in [-0.05, 0) is 30.7 Å². The maximum Gasteiger partial charge on any atom is 0.181 e. The van der Waals surface area contributed by atoms with Crippen molar-refractivity contribution in [3.8, 4) is 11.4 Å². The van der Waals surface area contributed by atoms with E-state index >= 15 is 0 Å². The van der Waals surface area contributed by atoms with Crippen molar-refractivity contribution in [3.63, 3.8) is 0 Å². The lowest BCUT2D eigenvalue weighted by molar-refractivity contribution is 0.627.